The summed E-state index contributed by atoms with van der Waals surface area (Å²) in [5.74, 6) is 0.0198. The fourth-order valence-corrected chi connectivity index (χ4v) is 3.64. The number of nitrogens with one attached hydrogen (secondary N) is 1. The summed E-state index contributed by atoms with van der Waals surface area (Å²) in [6, 6.07) is 12.7. The van der Waals surface area contributed by atoms with Crippen molar-refractivity contribution in [1.29, 1.82) is 0 Å². The number of ketones is 2. The largest absolute Gasteiger partial charge is 0.456 e. The van der Waals surface area contributed by atoms with Crippen molar-refractivity contribution < 1.29 is 19.1 Å². The molecule has 5 nitrogen and oxygen atoms in total. The molecule has 1 heterocycles. The highest BCUT2D eigenvalue weighted by atomic mass is 16.7. The van der Waals surface area contributed by atoms with E-state index in [1.165, 1.54) is 0 Å². The van der Waals surface area contributed by atoms with E-state index in [4.69, 9.17) is 9.47 Å². The Kier molecular flexibility index (Phi) is 6.97. The molecule has 0 aliphatic carbocycles. The standard InChI is InChI=1S/C26H33NO4/c1-7-20(27-15-26(4,5)6)31-25-24(29)22-19(30-25)14-13-18(16(2)3)21(22)23(28)17-11-9-8-10-12-17/h8-14,16,20,25,27H,7,15H2,1-6H3. The first-order valence-electron chi connectivity index (χ1n) is 11.0. The van der Waals surface area contributed by atoms with Crippen molar-refractivity contribution in [1.82, 2.24) is 5.32 Å². The van der Waals surface area contributed by atoms with E-state index < -0.39 is 6.29 Å². The van der Waals surface area contributed by atoms with Crippen LogP contribution in [0.25, 0.3) is 0 Å². The molecule has 1 aliphatic rings. The topological polar surface area (TPSA) is 64.6 Å². The van der Waals surface area contributed by atoms with Gasteiger partial charge >= 0.3 is 0 Å². The third-order valence-electron chi connectivity index (χ3n) is 5.30. The third kappa shape index (κ3) is 5.23. The van der Waals surface area contributed by atoms with Gasteiger partial charge in [-0.3, -0.25) is 14.9 Å². The van der Waals surface area contributed by atoms with Gasteiger partial charge in [0.2, 0.25) is 5.78 Å². The first-order valence-corrected chi connectivity index (χ1v) is 11.0. The molecule has 3 rings (SSSR count). The van der Waals surface area contributed by atoms with Gasteiger partial charge in [-0.05, 0) is 29.4 Å². The molecule has 5 heteroatoms. The van der Waals surface area contributed by atoms with Crippen LogP contribution < -0.4 is 10.1 Å². The third-order valence-corrected chi connectivity index (χ3v) is 5.30. The van der Waals surface area contributed by atoms with Crippen LogP contribution in [-0.4, -0.2) is 30.6 Å². The molecule has 31 heavy (non-hydrogen) atoms. The Morgan fingerprint density at radius 3 is 2.39 bits per heavy atom. The van der Waals surface area contributed by atoms with Gasteiger partial charge in [0, 0.05) is 17.7 Å². The SMILES string of the molecule is CCC(NCC(C)(C)C)OC1Oc2ccc(C(C)C)c(C(=O)c3ccccc3)c2C1=O. The molecule has 0 fully saturated rings. The van der Waals surface area contributed by atoms with Gasteiger partial charge in [0.1, 0.15) is 12.0 Å². The molecule has 0 aromatic heterocycles. The second-order valence-electron chi connectivity index (χ2n) is 9.54. The van der Waals surface area contributed by atoms with Crippen LogP contribution in [0.4, 0.5) is 0 Å². The number of Topliss-reactive ketones (excluding diaryl/α,β-unsaturated/α-hetero) is 1. The van der Waals surface area contributed by atoms with E-state index in [9.17, 15) is 9.59 Å². The van der Waals surface area contributed by atoms with Crippen LogP contribution in [0.15, 0.2) is 42.5 Å². The zero-order valence-corrected chi connectivity index (χ0v) is 19.3. The average Bonchev–Trinajstić information content (AvgIpc) is 3.05. The Balaban J connectivity index is 1.92. The van der Waals surface area contributed by atoms with Gasteiger partial charge < -0.3 is 9.47 Å². The van der Waals surface area contributed by atoms with Crippen LogP contribution in [0, 0.1) is 5.41 Å². The van der Waals surface area contributed by atoms with E-state index in [0.717, 1.165) is 12.1 Å². The molecular weight excluding hydrogens is 390 g/mol. The van der Waals surface area contributed by atoms with E-state index in [1.54, 1.807) is 18.2 Å². The van der Waals surface area contributed by atoms with Gasteiger partial charge in [0.25, 0.3) is 6.29 Å². The van der Waals surface area contributed by atoms with Gasteiger partial charge in [0.15, 0.2) is 5.78 Å². The number of ether oxygens (including phenoxy) is 2. The number of rotatable bonds is 8. The summed E-state index contributed by atoms with van der Waals surface area (Å²) in [7, 11) is 0. The molecule has 0 saturated carbocycles. The molecule has 0 amide bonds. The maximum atomic E-state index is 13.4. The number of carbonyl (C=O) groups is 2. The van der Waals surface area contributed by atoms with Crippen molar-refractivity contribution in [3.8, 4) is 5.75 Å². The molecule has 1 aliphatic heterocycles. The number of fused-ring (bicyclic) bond motifs is 1. The lowest BCUT2D eigenvalue weighted by atomic mass is 9.87. The summed E-state index contributed by atoms with van der Waals surface area (Å²) in [4.78, 5) is 26.8. The highest BCUT2D eigenvalue weighted by molar-refractivity contribution is 6.19. The Morgan fingerprint density at radius 2 is 1.81 bits per heavy atom. The van der Waals surface area contributed by atoms with Gasteiger partial charge in [-0.15, -0.1) is 0 Å². The fourth-order valence-electron chi connectivity index (χ4n) is 3.64. The van der Waals surface area contributed by atoms with Crippen LogP contribution in [0.3, 0.4) is 0 Å². The minimum atomic E-state index is -1.06. The molecule has 0 spiro atoms. The molecule has 2 aromatic rings. The second-order valence-corrected chi connectivity index (χ2v) is 9.54. The van der Waals surface area contributed by atoms with Crippen molar-refractivity contribution in [2.75, 3.05) is 6.54 Å². The highest BCUT2D eigenvalue weighted by Crippen LogP contribution is 2.37. The molecule has 0 radical (unpaired) electrons. The van der Waals surface area contributed by atoms with Gasteiger partial charge in [-0.2, -0.15) is 0 Å². The summed E-state index contributed by atoms with van der Waals surface area (Å²) in [6.45, 7) is 13.2. The summed E-state index contributed by atoms with van der Waals surface area (Å²) in [5.41, 5.74) is 2.22. The molecule has 2 aromatic carbocycles. The van der Waals surface area contributed by atoms with Gasteiger partial charge in [-0.25, -0.2) is 0 Å². The molecule has 0 saturated heterocycles. The second kappa shape index (κ2) is 9.33. The molecule has 166 valence electrons. The summed E-state index contributed by atoms with van der Waals surface area (Å²) >= 11 is 0. The lowest BCUT2D eigenvalue weighted by Gasteiger charge is -2.25. The van der Waals surface area contributed by atoms with Crippen molar-refractivity contribution in [2.45, 2.75) is 66.4 Å². The van der Waals surface area contributed by atoms with Crippen LogP contribution in [0.2, 0.25) is 0 Å². The predicted molar refractivity (Wildman–Crippen MR) is 122 cm³/mol. The smallest absolute Gasteiger partial charge is 0.266 e. The molecule has 2 atom stereocenters. The summed E-state index contributed by atoms with van der Waals surface area (Å²) < 4.78 is 11.9. The Hall–Kier alpha value is -2.50. The summed E-state index contributed by atoms with van der Waals surface area (Å²) in [6.07, 6.45) is -0.690. The van der Waals surface area contributed by atoms with Gasteiger partial charge in [-0.1, -0.05) is 77.9 Å². The Morgan fingerprint density at radius 1 is 1.13 bits per heavy atom. The molecule has 0 bridgehead atoms. The van der Waals surface area contributed by atoms with E-state index in [1.807, 2.05) is 45.0 Å². The predicted octanol–water partition coefficient (Wildman–Crippen LogP) is 5.33. The minimum absolute atomic E-state index is 0.0811. The molecular formula is C26H33NO4. The van der Waals surface area contributed by atoms with Crippen molar-refractivity contribution in [2.24, 2.45) is 5.41 Å². The lowest BCUT2D eigenvalue weighted by Crippen LogP contribution is -2.41. The monoisotopic (exact) mass is 423 g/mol. The van der Waals surface area contributed by atoms with Crippen LogP contribution in [0.5, 0.6) is 5.75 Å². The van der Waals surface area contributed by atoms with Crippen molar-refractivity contribution >= 4 is 11.6 Å². The maximum absolute atomic E-state index is 13.4. The molecule has 1 N–H and O–H groups in total. The van der Waals surface area contributed by atoms with Crippen LogP contribution in [-0.2, 0) is 4.74 Å². The zero-order valence-electron chi connectivity index (χ0n) is 19.3. The Bertz CT molecular complexity index is 944. The van der Waals surface area contributed by atoms with E-state index >= 15 is 0 Å². The number of hydrogen-bond donors (Lipinski definition) is 1. The normalized spacial score (nSPS) is 16.9. The average molecular weight is 424 g/mol. The molecule has 2 unspecified atom stereocenters. The van der Waals surface area contributed by atoms with E-state index in [0.29, 0.717) is 28.9 Å². The number of benzene rings is 2. The van der Waals surface area contributed by atoms with Crippen LogP contribution >= 0.6 is 0 Å². The number of hydrogen-bond acceptors (Lipinski definition) is 5. The van der Waals surface area contributed by atoms with Crippen molar-refractivity contribution in [3.05, 3.63) is 64.7 Å². The lowest BCUT2D eigenvalue weighted by molar-refractivity contribution is -0.100. The van der Waals surface area contributed by atoms with Crippen LogP contribution in [0.1, 0.15) is 85.7 Å². The van der Waals surface area contributed by atoms with Gasteiger partial charge in [0.05, 0.1) is 5.56 Å². The fraction of sp³-hybridized carbons (Fsp3) is 0.462. The number of carbonyl (C=O) groups excluding carboxylic acids is 2. The van der Waals surface area contributed by atoms with E-state index in [2.05, 4.69) is 26.1 Å². The quantitative estimate of drug-likeness (QED) is 0.459. The Labute approximate surface area is 185 Å². The highest BCUT2D eigenvalue weighted by Gasteiger charge is 2.39. The summed E-state index contributed by atoms with van der Waals surface area (Å²) in [5, 5.41) is 3.36. The van der Waals surface area contributed by atoms with E-state index in [-0.39, 0.29) is 29.1 Å². The van der Waals surface area contributed by atoms with Crippen molar-refractivity contribution in [3.63, 3.8) is 0 Å². The minimum Gasteiger partial charge on any atom is -0.456 e. The first-order chi connectivity index (χ1) is 14.6. The maximum Gasteiger partial charge on any atom is 0.266 e. The first kappa shape index (κ1) is 23.2. The zero-order chi connectivity index (χ0) is 22.8.